The summed E-state index contributed by atoms with van der Waals surface area (Å²) in [6, 6.07) is 15.3. The lowest BCUT2D eigenvalue weighted by molar-refractivity contribution is -0.114. The van der Waals surface area contributed by atoms with Gasteiger partial charge in [-0.3, -0.25) is 4.79 Å². The molecular weight excluding hydrogens is 276 g/mol. The van der Waals surface area contributed by atoms with Crippen molar-refractivity contribution in [3.05, 3.63) is 54.1 Å². The maximum Gasteiger partial charge on any atom is 0.243 e. The Balaban J connectivity index is 1.85. The van der Waals surface area contributed by atoms with Crippen LogP contribution in [0.25, 0.3) is 0 Å². The Hall–Kier alpha value is -2.49. The second-order valence-corrected chi connectivity index (χ2v) is 5.41. The van der Waals surface area contributed by atoms with Crippen LogP contribution in [-0.2, 0) is 4.79 Å². The zero-order chi connectivity index (χ0) is 15.9. The number of rotatable bonds is 6. The molecule has 0 radical (unpaired) electrons. The van der Waals surface area contributed by atoms with E-state index in [2.05, 4.69) is 10.6 Å². The highest BCUT2D eigenvalue weighted by Crippen LogP contribution is 2.17. The molecule has 4 nitrogen and oxygen atoms in total. The first-order valence-electron chi connectivity index (χ1n) is 7.40. The van der Waals surface area contributed by atoms with Crippen LogP contribution in [0.5, 0.6) is 5.75 Å². The number of ether oxygens (including phenoxy) is 1. The summed E-state index contributed by atoms with van der Waals surface area (Å²) in [6.45, 7) is 6.20. The van der Waals surface area contributed by atoms with E-state index in [1.165, 1.54) is 0 Å². The third-order valence-corrected chi connectivity index (χ3v) is 3.09. The van der Waals surface area contributed by atoms with Crippen LogP contribution in [0.4, 0.5) is 11.4 Å². The topological polar surface area (TPSA) is 50.4 Å². The van der Waals surface area contributed by atoms with Crippen molar-refractivity contribution in [2.45, 2.75) is 26.9 Å². The van der Waals surface area contributed by atoms with Gasteiger partial charge in [0.25, 0.3) is 0 Å². The van der Waals surface area contributed by atoms with E-state index in [-0.39, 0.29) is 18.6 Å². The predicted octanol–water partition coefficient (Wildman–Crippen LogP) is 3.83. The van der Waals surface area contributed by atoms with Crippen LogP contribution in [0.2, 0.25) is 0 Å². The number of benzene rings is 2. The molecule has 0 heterocycles. The molecular formula is C18H22N2O2. The Morgan fingerprint density at radius 3 is 2.41 bits per heavy atom. The monoisotopic (exact) mass is 298 g/mol. The van der Waals surface area contributed by atoms with Gasteiger partial charge in [-0.25, -0.2) is 0 Å². The number of carbonyl (C=O) groups is 1. The van der Waals surface area contributed by atoms with Crippen LogP contribution >= 0.6 is 0 Å². The summed E-state index contributed by atoms with van der Waals surface area (Å²) < 4.78 is 5.57. The van der Waals surface area contributed by atoms with Gasteiger partial charge in [-0.1, -0.05) is 18.2 Å². The summed E-state index contributed by atoms with van der Waals surface area (Å²) in [5, 5.41) is 5.99. The number of amides is 1. The van der Waals surface area contributed by atoms with E-state index in [0.29, 0.717) is 0 Å². The molecule has 22 heavy (non-hydrogen) atoms. The lowest BCUT2D eigenvalue weighted by Gasteiger charge is -2.11. The molecule has 2 aromatic carbocycles. The van der Waals surface area contributed by atoms with E-state index in [4.69, 9.17) is 4.74 Å². The fraction of sp³-hybridized carbons (Fsp3) is 0.278. The molecule has 0 unspecified atom stereocenters. The minimum atomic E-state index is -0.0826. The molecule has 0 aliphatic rings. The van der Waals surface area contributed by atoms with E-state index in [9.17, 15) is 4.79 Å². The van der Waals surface area contributed by atoms with Crippen molar-refractivity contribution < 1.29 is 9.53 Å². The van der Waals surface area contributed by atoms with E-state index >= 15 is 0 Å². The third-order valence-electron chi connectivity index (χ3n) is 3.09. The molecule has 0 spiro atoms. The number of carbonyl (C=O) groups excluding carboxylic acids is 1. The molecule has 4 heteroatoms. The van der Waals surface area contributed by atoms with E-state index < -0.39 is 0 Å². The number of anilines is 2. The SMILES string of the molecule is Cc1ccccc1NCC(=O)Nc1ccc(OC(C)C)cc1. The fourth-order valence-corrected chi connectivity index (χ4v) is 2.04. The van der Waals surface area contributed by atoms with Gasteiger partial charge in [-0.2, -0.15) is 0 Å². The molecule has 0 saturated carbocycles. The summed E-state index contributed by atoms with van der Waals surface area (Å²) in [6.07, 6.45) is 0.138. The molecule has 2 N–H and O–H groups in total. The summed E-state index contributed by atoms with van der Waals surface area (Å²) >= 11 is 0. The largest absolute Gasteiger partial charge is 0.491 e. The van der Waals surface area contributed by atoms with Gasteiger partial charge in [-0.05, 0) is 56.7 Å². The van der Waals surface area contributed by atoms with Gasteiger partial charge in [0.1, 0.15) is 5.75 Å². The third kappa shape index (κ3) is 4.81. The lowest BCUT2D eigenvalue weighted by atomic mass is 10.2. The maximum absolute atomic E-state index is 12.0. The smallest absolute Gasteiger partial charge is 0.243 e. The minimum Gasteiger partial charge on any atom is -0.491 e. The van der Waals surface area contributed by atoms with Crippen molar-refractivity contribution in [2.24, 2.45) is 0 Å². The maximum atomic E-state index is 12.0. The zero-order valence-electron chi connectivity index (χ0n) is 13.2. The molecule has 0 saturated heterocycles. The molecule has 0 fully saturated rings. The van der Waals surface area contributed by atoms with Crippen molar-refractivity contribution in [3.63, 3.8) is 0 Å². The molecule has 0 aliphatic carbocycles. The quantitative estimate of drug-likeness (QED) is 0.852. The van der Waals surface area contributed by atoms with Crippen LogP contribution in [0.3, 0.4) is 0 Å². The highest BCUT2D eigenvalue weighted by atomic mass is 16.5. The van der Waals surface area contributed by atoms with Gasteiger partial charge >= 0.3 is 0 Å². The Morgan fingerprint density at radius 2 is 1.77 bits per heavy atom. The number of aryl methyl sites for hydroxylation is 1. The normalized spacial score (nSPS) is 10.4. The van der Waals surface area contributed by atoms with E-state index in [0.717, 1.165) is 22.7 Å². The van der Waals surface area contributed by atoms with Gasteiger partial charge in [0, 0.05) is 11.4 Å². The van der Waals surface area contributed by atoms with E-state index in [1.54, 1.807) is 0 Å². The first kappa shape index (κ1) is 15.9. The van der Waals surface area contributed by atoms with Crippen molar-refractivity contribution in [3.8, 4) is 5.75 Å². The molecule has 0 bridgehead atoms. The summed E-state index contributed by atoms with van der Waals surface area (Å²) in [4.78, 5) is 12.0. The first-order chi connectivity index (χ1) is 10.5. The molecule has 0 aliphatic heterocycles. The molecule has 0 atom stereocenters. The molecule has 2 rings (SSSR count). The highest BCUT2D eigenvalue weighted by Gasteiger charge is 2.04. The Kier molecular flexibility index (Phi) is 5.42. The lowest BCUT2D eigenvalue weighted by Crippen LogP contribution is -2.22. The minimum absolute atomic E-state index is 0.0826. The van der Waals surface area contributed by atoms with Crippen LogP contribution in [0, 0.1) is 6.92 Å². The summed E-state index contributed by atoms with van der Waals surface area (Å²) in [5.74, 6) is 0.715. The Bertz CT molecular complexity index is 621. The summed E-state index contributed by atoms with van der Waals surface area (Å²) in [5.41, 5.74) is 2.84. The highest BCUT2D eigenvalue weighted by molar-refractivity contribution is 5.93. The first-order valence-corrected chi connectivity index (χ1v) is 7.40. The molecule has 2 aromatic rings. The molecule has 116 valence electrons. The average molecular weight is 298 g/mol. The second-order valence-electron chi connectivity index (χ2n) is 5.41. The summed E-state index contributed by atoms with van der Waals surface area (Å²) in [7, 11) is 0. The number of hydrogen-bond acceptors (Lipinski definition) is 3. The van der Waals surface area contributed by atoms with Crippen LogP contribution < -0.4 is 15.4 Å². The molecule has 0 aromatic heterocycles. The fourth-order valence-electron chi connectivity index (χ4n) is 2.04. The number of nitrogens with one attached hydrogen (secondary N) is 2. The Morgan fingerprint density at radius 1 is 1.09 bits per heavy atom. The van der Waals surface area contributed by atoms with Gasteiger partial charge in [0.05, 0.1) is 12.6 Å². The van der Waals surface area contributed by atoms with Crippen molar-refractivity contribution >= 4 is 17.3 Å². The number of hydrogen-bond donors (Lipinski definition) is 2. The van der Waals surface area contributed by atoms with Crippen LogP contribution in [0.15, 0.2) is 48.5 Å². The standard InChI is InChI=1S/C18H22N2O2/c1-13(2)22-16-10-8-15(9-11-16)20-18(21)12-19-17-7-5-4-6-14(17)3/h4-11,13,19H,12H2,1-3H3,(H,20,21). The average Bonchev–Trinajstić information content (AvgIpc) is 2.48. The van der Waals surface area contributed by atoms with Gasteiger partial charge < -0.3 is 15.4 Å². The Labute approximate surface area is 131 Å². The zero-order valence-corrected chi connectivity index (χ0v) is 13.2. The van der Waals surface area contributed by atoms with Gasteiger partial charge in [0.15, 0.2) is 0 Å². The molecule has 1 amide bonds. The van der Waals surface area contributed by atoms with Crippen LogP contribution in [0.1, 0.15) is 19.4 Å². The van der Waals surface area contributed by atoms with Crippen molar-refractivity contribution in [1.82, 2.24) is 0 Å². The second kappa shape index (κ2) is 7.50. The van der Waals surface area contributed by atoms with Gasteiger partial charge in [0.2, 0.25) is 5.91 Å². The van der Waals surface area contributed by atoms with Crippen molar-refractivity contribution in [2.75, 3.05) is 17.2 Å². The predicted molar refractivity (Wildman–Crippen MR) is 90.5 cm³/mol. The number of para-hydroxylation sites is 1. The van der Waals surface area contributed by atoms with E-state index in [1.807, 2.05) is 69.3 Å². The van der Waals surface area contributed by atoms with Gasteiger partial charge in [-0.15, -0.1) is 0 Å². The van der Waals surface area contributed by atoms with Crippen LogP contribution in [-0.4, -0.2) is 18.6 Å². The van der Waals surface area contributed by atoms with Crippen molar-refractivity contribution in [1.29, 1.82) is 0 Å².